The third-order valence-electron chi connectivity index (χ3n) is 5.69. The molecule has 3 aromatic carbocycles. The van der Waals surface area contributed by atoms with E-state index in [4.69, 9.17) is 0 Å². The molecule has 0 aliphatic heterocycles. The van der Waals surface area contributed by atoms with E-state index < -0.39 is 11.9 Å². The quantitative estimate of drug-likeness (QED) is 0.414. The van der Waals surface area contributed by atoms with Crippen LogP contribution in [0.3, 0.4) is 0 Å². The summed E-state index contributed by atoms with van der Waals surface area (Å²) in [4.78, 5) is 50.1. The van der Waals surface area contributed by atoms with Gasteiger partial charge >= 0.3 is 11.9 Å². The number of carbonyl (C=O) groups excluding carboxylic acids is 1. The van der Waals surface area contributed by atoms with E-state index in [1.807, 2.05) is 6.07 Å². The maximum Gasteiger partial charge on any atom is 0.335 e. The van der Waals surface area contributed by atoms with Gasteiger partial charge in [0.1, 0.15) is 0 Å². The van der Waals surface area contributed by atoms with E-state index >= 15 is 0 Å². The molecule has 4 aromatic rings. The second-order valence-electron chi connectivity index (χ2n) is 7.62. The highest BCUT2D eigenvalue weighted by Crippen LogP contribution is 2.43. The van der Waals surface area contributed by atoms with Gasteiger partial charge in [-0.15, -0.1) is 0 Å². The number of benzene rings is 3. The van der Waals surface area contributed by atoms with Crippen molar-refractivity contribution >= 4 is 40.4 Å². The summed E-state index contributed by atoms with van der Waals surface area (Å²) in [7, 11) is 1.64. The molecule has 1 aromatic heterocycles. The Morgan fingerprint density at radius 1 is 0.818 bits per heavy atom. The van der Waals surface area contributed by atoms with Gasteiger partial charge in [0.05, 0.1) is 16.6 Å². The van der Waals surface area contributed by atoms with Crippen molar-refractivity contribution < 1.29 is 24.6 Å². The minimum Gasteiger partial charge on any atom is -0.478 e. The maximum atomic E-state index is 13.6. The topological polar surface area (TPSA) is 114 Å². The minimum atomic E-state index is -1.25. The Balaban J connectivity index is 1.79. The molecule has 0 amide bonds. The van der Waals surface area contributed by atoms with E-state index in [9.17, 15) is 29.4 Å². The number of ketones is 1. The van der Waals surface area contributed by atoms with Crippen LogP contribution in [0.4, 0.5) is 0 Å². The number of carbonyl (C=O) groups is 3. The molecule has 162 valence electrons. The number of rotatable bonds is 4. The highest BCUT2D eigenvalue weighted by Gasteiger charge is 2.29. The monoisotopic (exact) mass is 457 g/mol. The number of aromatic carboxylic acids is 2. The Morgan fingerprint density at radius 2 is 1.45 bits per heavy atom. The van der Waals surface area contributed by atoms with Crippen molar-refractivity contribution in [3.63, 3.8) is 0 Å². The van der Waals surface area contributed by atoms with Crippen LogP contribution in [-0.2, 0) is 7.05 Å². The van der Waals surface area contributed by atoms with Crippen LogP contribution in [0.2, 0.25) is 0 Å². The smallest absolute Gasteiger partial charge is 0.335 e. The van der Waals surface area contributed by atoms with Gasteiger partial charge in [-0.2, -0.15) is 0 Å². The maximum absolute atomic E-state index is 13.6. The lowest BCUT2D eigenvalue weighted by atomic mass is 9.84. The van der Waals surface area contributed by atoms with Crippen LogP contribution in [0, 0.1) is 0 Å². The number of aryl methyl sites for hydroxylation is 1. The van der Waals surface area contributed by atoms with Gasteiger partial charge < -0.3 is 14.8 Å². The van der Waals surface area contributed by atoms with E-state index in [1.165, 1.54) is 22.8 Å². The molecule has 0 saturated carbocycles. The molecule has 0 spiro atoms. The molecule has 33 heavy (non-hydrogen) atoms. The summed E-state index contributed by atoms with van der Waals surface area (Å²) in [6.07, 6.45) is 0. The standard InChI is InChI=1S/C25H15NO6S/c1-26-18-6-7-19(33-14-9-12(24(29)30)8-13(10-14)25(31)32)22-21(18)17(11-20(26)27)15-4-2-3-5-16(15)23(22)28/h2-11H,1H3,(H,29,30)(H,31,32). The van der Waals surface area contributed by atoms with E-state index in [1.54, 1.807) is 37.4 Å². The highest BCUT2D eigenvalue weighted by atomic mass is 32.2. The number of aromatic nitrogens is 1. The van der Waals surface area contributed by atoms with Crippen molar-refractivity contribution in [3.05, 3.63) is 93.3 Å². The fourth-order valence-electron chi connectivity index (χ4n) is 4.14. The molecule has 5 rings (SSSR count). The first-order valence-electron chi connectivity index (χ1n) is 9.86. The van der Waals surface area contributed by atoms with Crippen molar-refractivity contribution in [2.24, 2.45) is 7.05 Å². The molecule has 0 atom stereocenters. The van der Waals surface area contributed by atoms with Crippen LogP contribution in [0.1, 0.15) is 36.6 Å². The molecule has 8 heteroatoms. The van der Waals surface area contributed by atoms with Gasteiger partial charge in [-0.25, -0.2) is 9.59 Å². The van der Waals surface area contributed by atoms with E-state index in [2.05, 4.69) is 0 Å². The first-order chi connectivity index (χ1) is 15.8. The third kappa shape index (κ3) is 3.23. The van der Waals surface area contributed by atoms with Crippen LogP contribution in [0.15, 0.2) is 75.2 Å². The lowest BCUT2D eigenvalue weighted by molar-refractivity contribution is 0.0696. The zero-order valence-electron chi connectivity index (χ0n) is 17.2. The molecular formula is C25H15NO6S. The summed E-state index contributed by atoms with van der Waals surface area (Å²) in [5.41, 5.74) is 2.29. The summed E-state index contributed by atoms with van der Waals surface area (Å²) in [5.74, 6) is -2.71. The van der Waals surface area contributed by atoms with Gasteiger partial charge in [0.15, 0.2) is 5.78 Å². The molecule has 1 aliphatic rings. The molecule has 7 nitrogen and oxygen atoms in total. The number of hydrogen-bond acceptors (Lipinski definition) is 5. The molecular weight excluding hydrogens is 442 g/mol. The lowest BCUT2D eigenvalue weighted by Crippen LogP contribution is -2.20. The molecule has 0 unspecified atom stereocenters. The number of fused-ring (bicyclic) bond motifs is 2. The SMILES string of the molecule is Cn1c(=O)cc2c3c(c(Sc4cc(C(=O)O)cc(C(=O)O)c4)ccc31)C(=O)c1ccccc1-2. The summed E-state index contributed by atoms with van der Waals surface area (Å²) >= 11 is 1.11. The fraction of sp³-hybridized carbons (Fsp3) is 0.0400. The number of nitrogens with zero attached hydrogens (tertiary/aromatic N) is 1. The van der Waals surface area contributed by atoms with Crippen LogP contribution < -0.4 is 5.56 Å². The Kier molecular flexibility index (Phi) is 4.68. The van der Waals surface area contributed by atoms with Crippen molar-refractivity contribution in [1.82, 2.24) is 4.57 Å². The molecule has 0 bridgehead atoms. The fourth-order valence-corrected chi connectivity index (χ4v) is 5.20. The molecule has 2 N–H and O–H groups in total. The predicted octanol–water partition coefficient (Wildman–Crippen LogP) is 4.30. The number of hydrogen-bond donors (Lipinski definition) is 2. The van der Waals surface area contributed by atoms with Crippen molar-refractivity contribution in [3.8, 4) is 11.1 Å². The van der Waals surface area contributed by atoms with Crippen LogP contribution in [0.5, 0.6) is 0 Å². The zero-order chi connectivity index (χ0) is 23.4. The zero-order valence-corrected chi connectivity index (χ0v) is 18.0. The summed E-state index contributed by atoms with van der Waals surface area (Å²) in [6, 6.07) is 15.9. The predicted molar refractivity (Wildman–Crippen MR) is 123 cm³/mol. The summed E-state index contributed by atoms with van der Waals surface area (Å²) < 4.78 is 1.48. The van der Waals surface area contributed by atoms with Gasteiger partial charge in [-0.3, -0.25) is 9.59 Å². The normalized spacial score (nSPS) is 12.0. The molecule has 0 radical (unpaired) electrons. The average Bonchev–Trinajstić information content (AvgIpc) is 2.80. The van der Waals surface area contributed by atoms with Crippen LogP contribution in [-0.4, -0.2) is 32.5 Å². The van der Waals surface area contributed by atoms with Gasteiger partial charge in [0, 0.05) is 39.4 Å². The highest BCUT2D eigenvalue weighted by molar-refractivity contribution is 7.99. The van der Waals surface area contributed by atoms with E-state index in [0.29, 0.717) is 42.9 Å². The summed E-state index contributed by atoms with van der Waals surface area (Å²) in [5, 5.41) is 19.4. The number of pyridine rings is 1. The van der Waals surface area contributed by atoms with Gasteiger partial charge in [0.2, 0.25) is 0 Å². The first kappa shape index (κ1) is 20.7. The molecule has 0 fully saturated rings. The van der Waals surface area contributed by atoms with Gasteiger partial charge in [-0.1, -0.05) is 36.0 Å². The van der Waals surface area contributed by atoms with Crippen LogP contribution in [0.25, 0.3) is 22.0 Å². The van der Waals surface area contributed by atoms with Crippen molar-refractivity contribution in [2.45, 2.75) is 9.79 Å². The van der Waals surface area contributed by atoms with E-state index in [-0.39, 0.29) is 22.5 Å². The minimum absolute atomic E-state index is 0.161. The van der Waals surface area contributed by atoms with E-state index in [0.717, 1.165) is 17.8 Å². The van der Waals surface area contributed by atoms with Crippen molar-refractivity contribution in [1.29, 1.82) is 0 Å². The molecule has 1 aliphatic carbocycles. The Bertz CT molecular complexity index is 1570. The lowest BCUT2D eigenvalue weighted by Gasteiger charge is -2.23. The second-order valence-corrected chi connectivity index (χ2v) is 8.74. The summed E-state index contributed by atoms with van der Waals surface area (Å²) in [6.45, 7) is 0. The Hall–Kier alpha value is -4.17. The van der Waals surface area contributed by atoms with Gasteiger partial charge in [0.25, 0.3) is 5.56 Å². The second kappa shape index (κ2) is 7.46. The number of carboxylic acids is 2. The average molecular weight is 457 g/mol. The Morgan fingerprint density at radius 3 is 2.09 bits per heavy atom. The van der Waals surface area contributed by atoms with Gasteiger partial charge in [-0.05, 0) is 41.5 Å². The molecule has 1 heterocycles. The Labute approximate surface area is 190 Å². The first-order valence-corrected chi connectivity index (χ1v) is 10.7. The van der Waals surface area contributed by atoms with Crippen LogP contribution >= 0.6 is 11.8 Å². The third-order valence-corrected chi connectivity index (χ3v) is 6.72. The van der Waals surface area contributed by atoms with Crippen molar-refractivity contribution in [2.75, 3.05) is 0 Å². The largest absolute Gasteiger partial charge is 0.478 e. The number of carboxylic acid groups (broad SMARTS) is 2. The molecule has 0 saturated heterocycles.